The van der Waals surface area contributed by atoms with Crippen molar-refractivity contribution >= 4 is 0 Å². The normalized spacial score (nSPS) is 26.5. The van der Waals surface area contributed by atoms with Crippen molar-refractivity contribution in [3.05, 3.63) is 29.6 Å². The Kier molecular flexibility index (Phi) is 3.37. The van der Waals surface area contributed by atoms with Crippen LogP contribution in [0.2, 0.25) is 0 Å². The minimum Gasteiger partial charge on any atom is -0.330 e. The predicted octanol–water partition coefficient (Wildman–Crippen LogP) is 2.62. The van der Waals surface area contributed by atoms with E-state index < -0.39 is 0 Å². The Morgan fingerprint density at radius 3 is 2.93 bits per heavy atom. The van der Waals surface area contributed by atoms with Crippen LogP contribution in [0.5, 0.6) is 0 Å². The second-order valence-electron chi connectivity index (χ2n) is 4.62. The lowest BCUT2D eigenvalue weighted by molar-refractivity contribution is 0.313. The van der Waals surface area contributed by atoms with Gasteiger partial charge in [-0.1, -0.05) is 12.8 Å². The van der Waals surface area contributed by atoms with Crippen molar-refractivity contribution in [3.63, 3.8) is 0 Å². The predicted molar refractivity (Wildman–Crippen MR) is 62.7 cm³/mol. The quantitative estimate of drug-likeness (QED) is 0.804. The fourth-order valence-corrected chi connectivity index (χ4v) is 2.76. The highest BCUT2D eigenvalue weighted by molar-refractivity contribution is 5.26. The van der Waals surface area contributed by atoms with Gasteiger partial charge in [0.25, 0.3) is 0 Å². The van der Waals surface area contributed by atoms with Crippen molar-refractivity contribution in [1.29, 1.82) is 0 Å². The van der Waals surface area contributed by atoms with E-state index in [9.17, 15) is 0 Å². The van der Waals surface area contributed by atoms with Gasteiger partial charge >= 0.3 is 0 Å². The molecule has 0 aliphatic heterocycles. The Labute approximate surface area is 91.9 Å². The molecule has 0 aromatic carbocycles. The third-order valence-electron chi connectivity index (χ3n) is 3.69. The highest BCUT2D eigenvalue weighted by atomic mass is 14.6. The van der Waals surface area contributed by atoms with Crippen molar-refractivity contribution in [3.8, 4) is 0 Å². The fraction of sp³-hybridized carbons (Fsp3) is 0.615. The molecule has 2 unspecified atom stereocenters. The van der Waals surface area contributed by atoms with Gasteiger partial charge in [-0.15, -0.1) is 0 Å². The monoisotopic (exact) mass is 204 g/mol. The first-order chi connectivity index (χ1) is 7.33. The summed E-state index contributed by atoms with van der Waals surface area (Å²) in [6.07, 6.45) is 9.17. The molecular formula is C13H20N2. The van der Waals surface area contributed by atoms with Crippen LogP contribution in [0.3, 0.4) is 0 Å². The molecule has 0 radical (unpaired) electrons. The number of aryl methyl sites for hydroxylation is 1. The van der Waals surface area contributed by atoms with Gasteiger partial charge in [0.15, 0.2) is 0 Å². The SMILES string of the molecule is Cc1ccncc1C1CCCCC1CN. The van der Waals surface area contributed by atoms with Crippen molar-refractivity contribution in [2.24, 2.45) is 11.7 Å². The molecule has 0 saturated heterocycles. The molecular weight excluding hydrogens is 184 g/mol. The molecule has 1 heterocycles. The zero-order valence-corrected chi connectivity index (χ0v) is 9.45. The van der Waals surface area contributed by atoms with Gasteiger partial charge in [0, 0.05) is 12.4 Å². The molecule has 0 amide bonds. The third kappa shape index (κ3) is 2.20. The van der Waals surface area contributed by atoms with Gasteiger partial charge < -0.3 is 5.73 Å². The minimum atomic E-state index is 0.650. The smallest absolute Gasteiger partial charge is 0.0305 e. The number of rotatable bonds is 2. The zero-order valence-electron chi connectivity index (χ0n) is 9.45. The maximum Gasteiger partial charge on any atom is 0.0305 e. The van der Waals surface area contributed by atoms with Crippen LogP contribution in [0, 0.1) is 12.8 Å². The molecule has 2 rings (SSSR count). The minimum absolute atomic E-state index is 0.650. The Balaban J connectivity index is 2.24. The maximum absolute atomic E-state index is 5.86. The van der Waals surface area contributed by atoms with E-state index >= 15 is 0 Å². The number of aromatic nitrogens is 1. The van der Waals surface area contributed by atoms with E-state index in [1.807, 2.05) is 12.4 Å². The summed E-state index contributed by atoms with van der Waals surface area (Å²) in [5.41, 5.74) is 8.66. The highest BCUT2D eigenvalue weighted by Crippen LogP contribution is 2.37. The molecule has 2 N–H and O–H groups in total. The van der Waals surface area contributed by atoms with E-state index in [-0.39, 0.29) is 0 Å². The van der Waals surface area contributed by atoms with Gasteiger partial charge in [0.05, 0.1) is 0 Å². The molecule has 0 bridgehead atoms. The van der Waals surface area contributed by atoms with Crippen LogP contribution in [0.25, 0.3) is 0 Å². The molecule has 15 heavy (non-hydrogen) atoms. The summed E-state index contributed by atoms with van der Waals surface area (Å²) < 4.78 is 0. The van der Waals surface area contributed by atoms with Crippen LogP contribution in [0.1, 0.15) is 42.7 Å². The van der Waals surface area contributed by atoms with E-state index in [2.05, 4.69) is 18.0 Å². The first-order valence-electron chi connectivity index (χ1n) is 5.93. The maximum atomic E-state index is 5.86. The Hall–Kier alpha value is -0.890. The number of hydrogen-bond acceptors (Lipinski definition) is 2. The molecule has 2 nitrogen and oxygen atoms in total. The van der Waals surface area contributed by atoms with Crippen molar-refractivity contribution < 1.29 is 0 Å². The Bertz CT molecular complexity index is 322. The summed E-state index contributed by atoms with van der Waals surface area (Å²) >= 11 is 0. The molecule has 2 heteroatoms. The molecule has 82 valence electrons. The summed E-state index contributed by atoms with van der Waals surface area (Å²) in [4.78, 5) is 4.25. The fourth-order valence-electron chi connectivity index (χ4n) is 2.76. The largest absolute Gasteiger partial charge is 0.330 e. The van der Waals surface area contributed by atoms with Crippen molar-refractivity contribution in [1.82, 2.24) is 4.98 Å². The molecule has 1 saturated carbocycles. The second kappa shape index (κ2) is 4.75. The van der Waals surface area contributed by atoms with Crippen LogP contribution < -0.4 is 5.73 Å². The summed E-state index contributed by atoms with van der Waals surface area (Å²) in [6, 6.07) is 2.11. The summed E-state index contributed by atoms with van der Waals surface area (Å²) in [7, 11) is 0. The summed E-state index contributed by atoms with van der Waals surface area (Å²) in [6.45, 7) is 3.00. The van der Waals surface area contributed by atoms with Gasteiger partial charge in [0.2, 0.25) is 0 Å². The molecule has 1 aromatic heterocycles. The van der Waals surface area contributed by atoms with Gasteiger partial charge in [-0.3, -0.25) is 4.98 Å². The van der Waals surface area contributed by atoms with E-state index in [0.29, 0.717) is 11.8 Å². The average Bonchev–Trinajstić information content (AvgIpc) is 2.30. The highest BCUT2D eigenvalue weighted by Gasteiger charge is 2.26. The Morgan fingerprint density at radius 1 is 1.40 bits per heavy atom. The lowest BCUT2D eigenvalue weighted by atomic mass is 9.75. The van der Waals surface area contributed by atoms with Gasteiger partial charge in [-0.05, 0) is 55.3 Å². The lowest BCUT2D eigenvalue weighted by Crippen LogP contribution is -2.25. The first-order valence-corrected chi connectivity index (χ1v) is 5.93. The number of hydrogen-bond donors (Lipinski definition) is 1. The Morgan fingerprint density at radius 2 is 2.20 bits per heavy atom. The van der Waals surface area contributed by atoms with Crippen LogP contribution in [0.15, 0.2) is 18.5 Å². The van der Waals surface area contributed by atoms with Crippen LogP contribution in [-0.4, -0.2) is 11.5 Å². The number of pyridine rings is 1. The van der Waals surface area contributed by atoms with Gasteiger partial charge in [-0.25, -0.2) is 0 Å². The van der Waals surface area contributed by atoms with Crippen LogP contribution >= 0.6 is 0 Å². The van der Waals surface area contributed by atoms with E-state index in [1.165, 1.54) is 36.8 Å². The molecule has 0 spiro atoms. The van der Waals surface area contributed by atoms with Crippen LogP contribution in [0.4, 0.5) is 0 Å². The third-order valence-corrected chi connectivity index (χ3v) is 3.69. The zero-order chi connectivity index (χ0) is 10.7. The van der Waals surface area contributed by atoms with Gasteiger partial charge in [0.1, 0.15) is 0 Å². The molecule has 1 aliphatic rings. The van der Waals surface area contributed by atoms with E-state index in [4.69, 9.17) is 5.73 Å². The lowest BCUT2D eigenvalue weighted by Gasteiger charge is -2.31. The van der Waals surface area contributed by atoms with Crippen LogP contribution in [-0.2, 0) is 0 Å². The summed E-state index contributed by atoms with van der Waals surface area (Å²) in [5, 5.41) is 0. The summed E-state index contributed by atoms with van der Waals surface area (Å²) in [5.74, 6) is 1.32. The topological polar surface area (TPSA) is 38.9 Å². The van der Waals surface area contributed by atoms with Gasteiger partial charge in [-0.2, -0.15) is 0 Å². The molecule has 2 atom stereocenters. The molecule has 1 aliphatic carbocycles. The number of nitrogens with zero attached hydrogens (tertiary/aromatic N) is 1. The standard InChI is InChI=1S/C13H20N2/c1-10-6-7-15-9-13(10)12-5-3-2-4-11(12)8-14/h6-7,9,11-12H,2-5,8,14H2,1H3. The van der Waals surface area contributed by atoms with E-state index in [0.717, 1.165) is 6.54 Å². The van der Waals surface area contributed by atoms with E-state index in [1.54, 1.807) is 0 Å². The second-order valence-corrected chi connectivity index (χ2v) is 4.62. The molecule has 1 aromatic rings. The number of nitrogens with two attached hydrogens (primary N) is 1. The average molecular weight is 204 g/mol. The molecule has 1 fully saturated rings. The van der Waals surface area contributed by atoms with Crippen molar-refractivity contribution in [2.75, 3.05) is 6.54 Å². The first kappa shape index (κ1) is 10.6. The van der Waals surface area contributed by atoms with Crippen molar-refractivity contribution in [2.45, 2.75) is 38.5 Å².